The van der Waals surface area contributed by atoms with E-state index in [1.807, 2.05) is 48.5 Å². The highest BCUT2D eigenvalue weighted by atomic mass is 79.9. The topological polar surface area (TPSA) is 21.7 Å². The summed E-state index contributed by atoms with van der Waals surface area (Å²) in [5.41, 5.74) is 2.10. The molecule has 0 aliphatic carbocycles. The van der Waals surface area contributed by atoms with Crippen LogP contribution in [0.4, 0.5) is 0 Å². The average molecular weight is 392 g/mol. The van der Waals surface area contributed by atoms with Crippen LogP contribution in [0.5, 0.6) is 5.75 Å². The number of rotatable bonds is 4. The Morgan fingerprint density at radius 2 is 1.78 bits per heavy atom. The summed E-state index contributed by atoms with van der Waals surface area (Å²) in [4.78, 5) is 3.01. The van der Waals surface area contributed by atoms with Crippen LogP contribution in [-0.4, -0.2) is 36.2 Å². The number of thiocarbonyl (C=S) groups is 1. The van der Waals surface area contributed by atoms with E-state index >= 15 is 0 Å². The van der Waals surface area contributed by atoms with Crippen LogP contribution in [0.3, 0.4) is 0 Å². The van der Waals surface area contributed by atoms with E-state index in [1.54, 1.807) is 0 Å². The second-order valence-electron chi connectivity index (χ2n) is 5.32. The second-order valence-corrected chi connectivity index (χ2v) is 6.62. The van der Waals surface area contributed by atoms with Crippen LogP contribution in [0.2, 0.25) is 0 Å². The standard InChI is InChI=1S/C18H18BrNO2S/c19-15-7-5-14(6-8-15)13-22-17-4-2-1-3-16(17)18(23)20-9-11-21-12-10-20/h1-8H,9-13H2. The molecule has 1 heterocycles. The van der Waals surface area contributed by atoms with E-state index < -0.39 is 0 Å². The minimum Gasteiger partial charge on any atom is -0.488 e. The molecule has 1 saturated heterocycles. The highest BCUT2D eigenvalue weighted by Gasteiger charge is 2.18. The van der Waals surface area contributed by atoms with Crippen LogP contribution in [-0.2, 0) is 11.3 Å². The predicted octanol–water partition coefficient (Wildman–Crippen LogP) is 4.04. The maximum absolute atomic E-state index is 6.01. The highest BCUT2D eigenvalue weighted by molar-refractivity contribution is 9.10. The molecule has 5 heteroatoms. The third-order valence-corrected chi connectivity index (χ3v) is 4.73. The summed E-state index contributed by atoms with van der Waals surface area (Å²) >= 11 is 9.10. The molecule has 120 valence electrons. The summed E-state index contributed by atoms with van der Waals surface area (Å²) in [5.74, 6) is 0.826. The van der Waals surface area contributed by atoms with Gasteiger partial charge in [0.2, 0.25) is 0 Å². The van der Waals surface area contributed by atoms with Gasteiger partial charge in [-0.2, -0.15) is 0 Å². The Morgan fingerprint density at radius 1 is 1.09 bits per heavy atom. The molecule has 2 aromatic rings. The Hall–Kier alpha value is -1.43. The Kier molecular flexibility index (Phi) is 5.65. The first-order valence-electron chi connectivity index (χ1n) is 7.57. The van der Waals surface area contributed by atoms with E-state index in [9.17, 15) is 0 Å². The molecule has 0 aromatic heterocycles. The first-order valence-corrected chi connectivity index (χ1v) is 8.77. The van der Waals surface area contributed by atoms with Crippen molar-refractivity contribution in [2.45, 2.75) is 6.61 Å². The molecule has 0 bridgehead atoms. The highest BCUT2D eigenvalue weighted by Crippen LogP contribution is 2.23. The number of morpholine rings is 1. The summed E-state index contributed by atoms with van der Waals surface area (Å²) in [7, 11) is 0. The van der Waals surface area contributed by atoms with Gasteiger partial charge in [0, 0.05) is 17.6 Å². The van der Waals surface area contributed by atoms with Crippen molar-refractivity contribution in [1.82, 2.24) is 4.90 Å². The van der Waals surface area contributed by atoms with Crippen molar-refractivity contribution in [3.8, 4) is 5.75 Å². The SMILES string of the molecule is S=C(c1ccccc1OCc1ccc(Br)cc1)N1CCOCC1. The zero-order valence-corrected chi connectivity index (χ0v) is 15.1. The summed E-state index contributed by atoms with van der Waals surface area (Å²) in [6.07, 6.45) is 0. The lowest BCUT2D eigenvalue weighted by Gasteiger charge is -2.29. The van der Waals surface area contributed by atoms with E-state index in [-0.39, 0.29) is 0 Å². The van der Waals surface area contributed by atoms with Gasteiger partial charge in [-0.1, -0.05) is 52.4 Å². The van der Waals surface area contributed by atoms with Gasteiger partial charge in [0.15, 0.2) is 0 Å². The van der Waals surface area contributed by atoms with Gasteiger partial charge in [-0.25, -0.2) is 0 Å². The molecule has 0 saturated carbocycles. The van der Waals surface area contributed by atoms with Crippen molar-refractivity contribution >= 4 is 33.1 Å². The molecule has 0 radical (unpaired) electrons. The average Bonchev–Trinajstić information content (AvgIpc) is 2.62. The number of para-hydroxylation sites is 1. The Bertz CT molecular complexity index is 669. The first kappa shape index (κ1) is 16.4. The van der Waals surface area contributed by atoms with Crippen molar-refractivity contribution < 1.29 is 9.47 Å². The maximum atomic E-state index is 6.01. The van der Waals surface area contributed by atoms with Gasteiger partial charge < -0.3 is 14.4 Å². The minimum atomic E-state index is 0.524. The van der Waals surface area contributed by atoms with Crippen LogP contribution in [0.1, 0.15) is 11.1 Å². The normalized spacial score (nSPS) is 14.6. The molecule has 23 heavy (non-hydrogen) atoms. The Morgan fingerprint density at radius 3 is 2.52 bits per heavy atom. The lowest BCUT2D eigenvalue weighted by atomic mass is 10.1. The lowest BCUT2D eigenvalue weighted by molar-refractivity contribution is 0.0692. The molecule has 1 aliphatic rings. The van der Waals surface area contributed by atoms with Gasteiger partial charge in [0.1, 0.15) is 17.3 Å². The molecule has 0 unspecified atom stereocenters. The van der Waals surface area contributed by atoms with Crippen LogP contribution in [0, 0.1) is 0 Å². The second kappa shape index (κ2) is 7.90. The van der Waals surface area contributed by atoms with Crippen molar-refractivity contribution in [2.24, 2.45) is 0 Å². The molecule has 0 atom stereocenters. The largest absolute Gasteiger partial charge is 0.488 e. The number of hydrogen-bond acceptors (Lipinski definition) is 3. The fourth-order valence-corrected chi connectivity index (χ4v) is 3.06. The van der Waals surface area contributed by atoms with Crippen molar-refractivity contribution in [2.75, 3.05) is 26.3 Å². The van der Waals surface area contributed by atoms with E-state index in [0.29, 0.717) is 6.61 Å². The van der Waals surface area contributed by atoms with Gasteiger partial charge in [-0.3, -0.25) is 0 Å². The number of benzene rings is 2. The number of nitrogens with zero attached hydrogens (tertiary/aromatic N) is 1. The quantitative estimate of drug-likeness (QED) is 0.733. The predicted molar refractivity (Wildman–Crippen MR) is 99.0 cm³/mol. The van der Waals surface area contributed by atoms with Gasteiger partial charge in [-0.15, -0.1) is 0 Å². The minimum absolute atomic E-state index is 0.524. The Labute approximate surface area is 150 Å². The summed E-state index contributed by atoms with van der Waals surface area (Å²) < 4.78 is 12.5. The van der Waals surface area contributed by atoms with Crippen molar-refractivity contribution in [1.29, 1.82) is 0 Å². The number of hydrogen-bond donors (Lipinski definition) is 0. The van der Waals surface area contributed by atoms with Crippen LogP contribution >= 0.6 is 28.1 Å². The van der Waals surface area contributed by atoms with Gasteiger partial charge >= 0.3 is 0 Å². The molecule has 1 aliphatic heterocycles. The molecule has 0 N–H and O–H groups in total. The van der Waals surface area contributed by atoms with E-state index in [0.717, 1.165) is 52.6 Å². The van der Waals surface area contributed by atoms with Crippen LogP contribution < -0.4 is 4.74 Å². The third-order valence-electron chi connectivity index (χ3n) is 3.72. The Balaban J connectivity index is 1.72. The van der Waals surface area contributed by atoms with E-state index in [4.69, 9.17) is 21.7 Å². The molecular formula is C18H18BrNO2S. The molecule has 3 nitrogen and oxygen atoms in total. The zero-order chi connectivity index (χ0) is 16.1. The van der Waals surface area contributed by atoms with Crippen LogP contribution in [0.15, 0.2) is 53.0 Å². The van der Waals surface area contributed by atoms with Crippen molar-refractivity contribution in [3.63, 3.8) is 0 Å². The third kappa shape index (κ3) is 4.31. The molecule has 2 aromatic carbocycles. The summed E-state index contributed by atoms with van der Waals surface area (Å²) in [6.45, 7) is 3.64. The molecule has 1 fully saturated rings. The first-order chi connectivity index (χ1) is 11.2. The molecular weight excluding hydrogens is 374 g/mol. The van der Waals surface area contributed by atoms with Gasteiger partial charge in [0.25, 0.3) is 0 Å². The summed E-state index contributed by atoms with van der Waals surface area (Å²) in [5, 5.41) is 0. The fraction of sp³-hybridized carbons (Fsp3) is 0.278. The van der Waals surface area contributed by atoms with E-state index in [2.05, 4.69) is 20.8 Å². The fourth-order valence-electron chi connectivity index (χ4n) is 2.45. The molecule has 0 spiro atoms. The van der Waals surface area contributed by atoms with Gasteiger partial charge in [0.05, 0.1) is 18.8 Å². The monoisotopic (exact) mass is 391 g/mol. The van der Waals surface area contributed by atoms with Gasteiger partial charge in [-0.05, 0) is 29.8 Å². The maximum Gasteiger partial charge on any atom is 0.130 e. The summed E-state index contributed by atoms with van der Waals surface area (Å²) in [6, 6.07) is 16.1. The van der Waals surface area contributed by atoms with Crippen LogP contribution in [0.25, 0.3) is 0 Å². The van der Waals surface area contributed by atoms with E-state index in [1.165, 1.54) is 0 Å². The smallest absolute Gasteiger partial charge is 0.130 e. The molecule has 0 amide bonds. The zero-order valence-electron chi connectivity index (χ0n) is 12.7. The number of halogens is 1. The lowest BCUT2D eigenvalue weighted by Crippen LogP contribution is -2.40. The van der Waals surface area contributed by atoms with Crippen molar-refractivity contribution in [3.05, 3.63) is 64.1 Å². The number of ether oxygens (including phenoxy) is 2. The molecule has 3 rings (SSSR count).